The molecular formula is C21H32O7. The lowest BCUT2D eigenvalue weighted by Crippen LogP contribution is -2.61. The molecule has 1 saturated heterocycles. The number of hydrogen-bond donors (Lipinski definition) is 4. The SMILES string of the molecule is C=CCc1ccc(OC2OC(CO)C(O)C(O)C2OCCC(CC)CO)cc1. The summed E-state index contributed by atoms with van der Waals surface area (Å²) in [5.74, 6) is 0.627. The van der Waals surface area contributed by atoms with Crippen molar-refractivity contribution in [3.63, 3.8) is 0 Å². The first-order valence-corrected chi connectivity index (χ1v) is 9.75. The summed E-state index contributed by atoms with van der Waals surface area (Å²) in [6.45, 7) is 5.58. The van der Waals surface area contributed by atoms with Crippen LogP contribution in [0.15, 0.2) is 36.9 Å². The van der Waals surface area contributed by atoms with Crippen molar-refractivity contribution >= 4 is 0 Å². The van der Waals surface area contributed by atoms with Crippen LogP contribution in [0.5, 0.6) is 5.75 Å². The summed E-state index contributed by atoms with van der Waals surface area (Å²) in [7, 11) is 0. The second-order valence-corrected chi connectivity index (χ2v) is 7.04. The molecule has 158 valence electrons. The molecule has 0 bridgehead atoms. The summed E-state index contributed by atoms with van der Waals surface area (Å²) in [4.78, 5) is 0. The van der Waals surface area contributed by atoms with Crippen LogP contribution in [0.1, 0.15) is 25.3 Å². The van der Waals surface area contributed by atoms with E-state index in [9.17, 15) is 20.4 Å². The second kappa shape index (κ2) is 11.5. The molecule has 0 aliphatic carbocycles. The van der Waals surface area contributed by atoms with Crippen LogP contribution >= 0.6 is 0 Å². The molecule has 7 nitrogen and oxygen atoms in total. The molecule has 0 aromatic heterocycles. The van der Waals surface area contributed by atoms with Crippen LogP contribution in [-0.4, -0.2) is 71.0 Å². The third kappa shape index (κ3) is 6.01. The summed E-state index contributed by atoms with van der Waals surface area (Å²) >= 11 is 0. The van der Waals surface area contributed by atoms with Gasteiger partial charge in [-0.1, -0.05) is 31.6 Å². The lowest BCUT2D eigenvalue weighted by atomic mass is 9.98. The van der Waals surface area contributed by atoms with Gasteiger partial charge in [0.15, 0.2) is 0 Å². The Morgan fingerprint density at radius 1 is 1.18 bits per heavy atom. The Hall–Kier alpha value is -1.48. The van der Waals surface area contributed by atoms with Crippen molar-refractivity contribution in [1.29, 1.82) is 0 Å². The van der Waals surface area contributed by atoms with Gasteiger partial charge in [0.1, 0.15) is 30.2 Å². The van der Waals surface area contributed by atoms with Gasteiger partial charge in [0.05, 0.1) is 6.61 Å². The number of rotatable bonds is 11. The molecule has 1 aromatic rings. The number of allylic oxidation sites excluding steroid dienone is 1. The molecule has 6 unspecified atom stereocenters. The Kier molecular flexibility index (Phi) is 9.37. The highest BCUT2D eigenvalue weighted by molar-refractivity contribution is 5.28. The average Bonchev–Trinajstić information content (AvgIpc) is 2.71. The fraction of sp³-hybridized carbons (Fsp3) is 0.619. The maximum absolute atomic E-state index is 10.5. The van der Waals surface area contributed by atoms with Crippen molar-refractivity contribution in [2.45, 2.75) is 56.9 Å². The van der Waals surface area contributed by atoms with Crippen LogP contribution in [0.25, 0.3) is 0 Å². The lowest BCUT2D eigenvalue weighted by Gasteiger charge is -2.41. The van der Waals surface area contributed by atoms with Gasteiger partial charge in [0.2, 0.25) is 6.29 Å². The molecule has 0 radical (unpaired) electrons. The van der Waals surface area contributed by atoms with Crippen molar-refractivity contribution < 1.29 is 34.6 Å². The summed E-state index contributed by atoms with van der Waals surface area (Å²) in [5.41, 5.74) is 1.08. The summed E-state index contributed by atoms with van der Waals surface area (Å²) in [6, 6.07) is 7.36. The molecule has 6 atom stereocenters. The molecule has 0 amide bonds. The molecule has 1 fully saturated rings. The standard InChI is InChI=1S/C21H32O7/c1-3-5-15-6-8-16(9-7-15)27-21-20(26-11-10-14(4-2)12-22)19(25)18(24)17(13-23)28-21/h3,6-9,14,17-25H,1,4-5,10-13H2,2H3. The molecule has 2 rings (SSSR count). The Morgan fingerprint density at radius 3 is 2.46 bits per heavy atom. The number of aliphatic hydroxyl groups excluding tert-OH is 4. The molecule has 1 aliphatic rings. The van der Waals surface area contributed by atoms with E-state index < -0.39 is 37.3 Å². The maximum atomic E-state index is 10.5. The quantitative estimate of drug-likeness (QED) is 0.414. The fourth-order valence-corrected chi connectivity index (χ4v) is 3.13. The van der Waals surface area contributed by atoms with E-state index >= 15 is 0 Å². The Labute approximate surface area is 166 Å². The highest BCUT2D eigenvalue weighted by Gasteiger charge is 2.46. The van der Waals surface area contributed by atoms with Gasteiger partial charge in [0.25, 0.3) is 0 Å². The summed E-state index contributed by atoms with van der Waals surface area (Å²) in [5, 5.41) is 39.4. The first kappa shape index (κ1) is 22.8. The zero-order valence-electron chi connectivity index (χ0n) is 16.3. The van der Waals surface area contributed by atoms with Gasteiger partial charge < -0.3 is 34.6 Å². The number of hydrogen-bond acceptors (Lipinski definition) is 7. The molecule has 4 N–H and O–H groups in total. The van der Waals surface area contributed by atoms with Gasteiger partial charge in [-0.25, -0.2) is 0 Å². The molecule has 28 heavy (non-hydrogen) atoms. The minimum atomic E-state index is -1.29. The predicted octanol–water partition coefficient (Wildman–Crippen LogP) is 1.03. The fourth-order valence-electron chi connectivity index (χ4n) is 3.13. The van der Waals surface area contributed by atoms with Crippen LogP contribution in [0.2, 0.25) is 0 Å². The zero-order chi connectivity index (χ0) is 20.5. The Balaban J connectivity index is 2.07. The van der Waals surface area contributed by atoms with E-state index in [2.05, 4.69) is 6.58 Å². The lowest BCUT2D eigenvalue weighted by molar-refractivity contribution is -0.288. The number of benzene rings is 1. The topological polar surface area (TPSA) is 109 Å². The van der Waals surface area contributed by atoms with Crippen molar-refractivity contribution in [3.05, 3.63) is 42.5 Å². The summed E-state index contributed by atoms with van der Waals surface area (Å²) in [6.07, 6.45) is -1.47. The van der Waals surface area contributed by atoms with E-state index in [0.29, 0.717) is 12.2 Å². The van der Waals surface area contributed by atoms with Gasteiger partial charge >= 0.3 is 0 Å². The molecular weight excluding hydrogens is 364 g/mol. The van der Waals surface area contributed by atoms with Gasteiger partial charge in [-0.05, 0) is 36.5 Å². The molecule has 0 saturated carbocycles. The number of aliphatic hydroxyl groups is 4. The van der Waals surface area contributed by atoms with Gasteiger partial charge in [-0.2, -0.15) is 0 Å². The van der Waals surface area contributed by atoms with E-state index in [1.807, 2.05) is 25.1 Å². The normalized spacial score (nSPS) is 28.7. The molecule has 1 aromatic carbocycles. The Bertz CT molecular complexity index is 573. The second-order valence-electron chi connectivity index (χ2n) is 7.04. The van der Waals surface area contributed by atoms with E-state index in [4.69, 9.17) is 14.2 Å². The van der Waals surface area contributed by atoms with Gasteiger partial charge in [-0.15, -0.1) is 6.58 Å². The third-order valence-corrected chi connectivity index (χ3v) is 5.05. The van der Waals surface area contributed by atoms with Crippen molar-refractivity contribution in [3.8, 4) is 5.75 Å². The minimum Gasteiger partial charge on any atom is -0.462 e. The largest absolute Gasteiger partial charge is 0.462 e. The molecule has 0 spiro atoms. The van der Waals surface area contributed by atoms with Crippen LogP contribution in [0.4, 0.5) is 0 Å². The van der Waals surface area contributed by atoms with Crippen molar-refractivity contribution in [1.82, 2.24) is 0 Å². The predicted molar refractivity (Wildman–Crippen MR) is 104 cm³/mol. The average molecular weight is 396 g/mol. The monoisotopic (exact) mass is 396 g/mol. The van der Waals surface area contributed by atoms with E-state index in [1.54, 1.807) is 12.1 Å². The minimum absolute atomic E-state index is 0.0653. The van der Waals surface area contributed by atoms with Crippen molar-refractivity contribution in [2.75, 3.05) is 19.8 Å². The Morgan fingerprint density at radius 2 is 1.89 bits per heavy atom. The van der Waals surface area contributed by atoms with E-state index in [1.165, 1.54) is 0 Å². The first-order valence-electron chi connectivity index (χ1n) is 9.75. The zero-order valence-corrected chi connectivity index (χ0v) is 16.3. The smallest absolute Gasteiger partial charge is 0.229 e. The highest BCUT2D eigenvalue weighted by Crippen LogP contribution is 2.27. The molecule has 7 heteroatoms. The maximum Gasteiger partial charge on any atom is 0.229 e. The van der Waals surface area contributed by atoms with Crippen LogP contribution < -0.4 is 4.74 Å². The van der Waals surface area contributed by atoms with E-state index in [0.717, 1.165) is 18.4 Å². The van der Waals surface area contributed by atoms with Gasteiger partial charge in [-0.3, -0.25) is 0 Å². The number of ether oxygens (including phenoxy) is 3. The van der Waals surface area contributed by atoms with Crippen LogP contribution in [-0.2, 0) is 15.9 Å². The third-order valence-electron chi connectivity index (χ3n) is 5.05. The molecule has 1 aliphatic heterocycles. The van der Waals surface area contributed by atoms with Crippen molar-refractivity contribution in [2.24, 2.45) is 5.92 Å². The van der Waals surface area contributed by atoms with E-state index in [-0.39, 0.29) is 19.1 Å². The van der Waals surface area contributed by atoms with Crippen LogP contribution in [0, 0.1) is 5.92 Å². The van der Waals surface area contributed by atoms with Crippen LogP contribution in [0.3, 0.4) is 0 Å². The highest BCUT2D eigenvalue weighted by atomic mass is 16.7. The van der Waals surface area contributed by atoms with Gasteiger partial charge in [0, 0.05) is 13.2 Å². The molecule has 1 heterocycles. The first-order chi connectivity index (χ1) is 13.5. The summed E-state index contributed by atoms with van der Waals surface area (Å²) < 4.78 is 17.3.